The maximum atomic E-state index is 13.7. The van der Waals surface area contributed by atoms with Crippen LogP contribution in [0.5, 0.6) is 0 Å². The molecule has 10 nitrogen and oxygen atoms in total. The average Bonchev–Trinajstić information content (AvgIpc) is 3.66. The summed E-state index contributed by atoms with van der Waals surface area (Å²) in [7, 11) is 1.58. The Morgan fingerprint density at radius 3 is 2.58 bits per heavy atom. The Labute approximate surface area is 234 Å². The van der Waals surface area contributed by atoms with Crippen LogP contribution in [-0.2, 0) is 14.3 Å². The number of aromatic nitrogens is 1. The molecule has 40 heavy (non-hydrogen) atoms. The van der Waals surface area contributed by atoms with Crippen LogP contribution in [0.4, 0.5) is 5.82 Å². The number of Topliss-reactive ketones (excluding diaryl/α,β-unsaturated/α-hetero) is 2. The summed E-state index contributed by atoms with van der Waals surface area (Å²) in [5.41, 5.74) is 10.4. The summed E-state index contributed by atoms with van der Waals surface area (Å²) in [6.45, 7) is 4.16. The standard InChI is InChI=1S/C30H37N5O5/c1-4-5-6-9-16-39-27(38)30-26(37)22-11-8-7-10-21(22)25(36)29(30,40-30)14-12-19(2)17-23(35-28(32)33-3)20-13-15-34-24(31)18-20/h7-8,10-13,15,18,23H,4-6,9,14,16-17H2,1-3H3,(H2,31,34)(H3,32,33,35)/b19-12+/t23-,29+,30+/m1/s1. The number of ether oxygens (including phenoxy) is 2. The molecule has 0 unspecified atom stereocenters. The van der Waals surface area contributed by atoms with Gasteiger partial charge in [-0.3, -0.25) is 14.6 Å². The minimum atomic E-state index is -1.98. The van der Waals surface area contributed by atoms with Gasteiger partial charge in [-0.2, -0.15) is 0 Å². The van der Waals surface area contributed by atoms with Gasteiger partial charge in [0.15, 0.2) is 17.3 Å². The lowest BCUT2D eigenvalue weighted by Gasteiger charge is -2.24. The summed E-state index contributed by atoms with van der Waals surface area (Å²) in [6, 6.07) is 9.79. The number of benzene rings is 1. The second-order valence-electron chi connectivity index (χ2n) is 10.3. The van der Waals surface area contributed by atoms with Gasteiger partial charge < -0.3 is 26.3 Å². The van der Waals surface area contributed by atoms with Crippen molar-refractivity contribution in [2.45, 2.75) is 69.6 Å². The molecule has 4 rings (SSSR count). The van der Waals surface area contributed by atoms with Crippen molar-refractivity contribution in [3.8, 4) is 0 Å². The second kappa shape index (κ2) is 12.0. The first-order valence-electron chi connectivity index (χ1n) is 13.6. The highest BCUT2D eigenvalue weighted by atomic mass is 16.7. The molecule has 212 valence electrons. The first kappa shape index (κ1) is 28.9. The quantitative estimate of drug-likeness (QED) is 0.0684. The third-order valence-electron chi connectivity index (χ3n) is 7.51. The fraction of sp³-hybridized carbons (Fsp3) is 0.433. The van der Waals surface area contributed by atoms with E-state index in [-0.39, 0.29) is 36.2 Å². The molecule has 2 aromatic rings. The number of carbonyl (C=O) groups excluding carboxylic acids is 3. The highest BCUT2D eigenvalue weighted by Crippen LogP contribution is 2.58. The van der Waals surface area contributed by atoms with Crippen molar-refractivity contribution in [1.29, 1.82) is 0 Å². The van der Waals surface area contributed by atoms with Gasteiger partial charge in [-0.15, -0.1) is 0 Å². The van der Waals surface area contributed by atoms with E-state index in [9.17, 15) is 14.4 Å². The van der Waals surface area contributed by atoms with E-state index in [1.807, 2.05) is 19.1 Å². The number of nitrogens with two attached hydrogens (primary N) is 2. The van der Waals surface area contributed by atoms with Gasteiger partial charge >= 0.3 is 5.97 Å². The molecule has 5 N–H and O–H groups in total. The number of rotatable bonds is 12. The van der Waals surface area contributed by atoms with Gasteiger partial charge in [-0.25, -0.2) is 9.78 Å². The van der Waals surface area contributed by atoms with E-state index in [4.69, 9.17) is 20.9 Å². The van der Waals surface area contributed by atoms with Gasteiger partial charge in [-0.05, 0) is 37.5 Å². The number of nitrogens with zero attached hydrogens (tertiary/aromatic N) is 2. The minimum absolute atomic E-state index is 0.0330. The molecule has 0 amide bonds. The topological polar surface area (TPSA) is 162 Å². The lowest BCUT2D eigenvalue weighted by atomic mass is 9.72. The number of nitrogen functional groups attached to an aromatic ring is 1. The van der Waals surface area contributed by atoms with E-state index in [0.717, 1.165) is 30.4 Å². The van der Waals surface area contributed by atoms with Crippen LogP contribution in [0.2, 0.25) is 0 Å². The summed E-state index contributed by atoms with van der Waals surface area (Å²) in [6.07, 6.45) is 7.60. The van der Waals surface area contributed by atoms with Crippen LogP contribution in [0.15, 0.2) is 59.2 Å². The zero-order valence-electron chi connectivity index (χ0n) is 23.2. The molecule has 1 fully saturated rings. The van der Waals surface area contributed by atoms with Crippen molar-refractivity contribution < 1.29 is 23.9 Å². The van der Waals surface area contributed by atoms with E-state index in [1.54, 1.807) is 43.6 Å². The average molecular weight is 548 g/mol. The first-order chi connectivity index (χ1) is 19.2. The van der Waals surface area contributed by atoms with Crippen LogP contribution in [-0.4, -0.2) is 53.3 Å². The predicted molar refractivity (Wildman–Crippen MR) is 152 cm³/mol. The molecule has 2 aliphatic rings. The van der Waals surface area contributed by atoms with Crippen molar-refractivity contribution in [2.24, 2.45) is 10.7 Å². The Bertz CT molecular complexity index is 1360. The number of anilines is 1. The molecule has 0 bridgehead atoms. The van der Waals surface area contributed by atoms with Gasteiger partial charge in [0.25, 0.3) is 5.60 Å². The Kier molecular flexibility index (Phi) is 8.68. The molecule has 10 heteroatoms. The number of epoxide rings is 1. The van der Waals surface area contributed by atoms with Crippen LogP contribution in [0, 0.1) is 0 Å². The van der Waals surface area contributed by atoms with Gasteiger partial charge in [0.05, 0.1) is 12.6 Å². The van der Waals surface area contributed by atoms with Crippen molar-refractivity contribution in [2.75, 3.05) is 19.4 Å². The first-order valence-corrected chi connectivity index (χ1v) is 13.6. The van der Waals surface area contributed by atoms with Crippen LogP contribution in [0.3, 0.4) is 0 Å². The number of hydrogen-bond acceptors (Lipinski definition) is 8. The highest BCUT2D eigenvalue weighted by molar-refractivity contribution is 6.32. The van der Waals surface area contributed by atoms with Gasteiger partial charge in [0.2, 0.25) is 5.78 Å². The van der Waals surface area contributed by atoms with Crippen LogP contribution >= 0.6 is 0 Å². The number of guanidine groups is 1. The molecule has 0 saturated carbocycles. The van der Waals surface area contributed by atoms with E-state index in [1.165, 1.54) is 0 Å². The normalized spacial score (nSPS) is 22.8. The predicted octanol–water partition coefficient (Wildman–Crippen LogP) is 3.68. The largest absolute Gasteiger partial charge is 0.463 e. The SMILES string of the molecule is CCCCCCOC(=O)[C@]12O[C@@]1(C/C=C(\C)C[C@@H](NC(N)=NC)c1ccnc(N)c1)C(=O)c1ccccc1C2=O. The van der Waals surface area contributed by atoms with E-state index in [0.29, 0.717) is 18.7 Å². The number of pyridine rings is 1. The molecule has 1 saturated heterocycles. The van der Waals surface area contributed by atoms with Crippen molar-refractivity contribution >= 4 is 29.3 Å². The Morgan fingerprint density at radius 1 is 1.18 bits per heavy atom. The Hall–Kier alpha value is -4.05. The van der Waals surface area contributed by atoms with E-state index in [2.05, 4.69) is 22.2 Å². The summed E-state index contributed by atoms with van der Waals surface area (Å²) >= 11 is 0. The number of ketones is 2. The Morgan fingerprint density at radius 2 is 1.90 bits per heavy atom. The lowest BCUT2D eigenvalue weighted by molar-refractivity contribution is -0.148. The molecule has 1 aliphatic carbocycles. The summed E-state index contributed by atoms with van der Waals surface area (Å²) in [4.78, 5) is 48.8. The fourth-order valence-corrected chi connectivity index (χ4v) is 5.23. The van der Waals surface area contributed by atoms with Gasteiger partial charge in [0, 0.05) is 30.8 Å². The molecule has 1 aromatic heterocycles. The molecule has 2 heterocycles. The van der Waals surface area contributed by atoms with Crippen molar-refractivity contribution in [3.05, 3.63) is 70.9 Å². The molecule has 1 aliphatic heterocycles. The molecule has 1 aromatic carbocycles. The van der Waals surface area contributed by atoms with Crippen molar-refractivity contribution in [3.63, 3.8) is 0 Å². The number of esters is 1. The van der Waals surface area contributed by atoms with Gasteiger partial charge in [-0.1, -0.05) is 62.1 Å². The summed E-state index contributed by atoms with van der Waals surface area (Å²) in [5.74, 6) is -1.12. The highest BCUT2D eigenvalue weighted by Gasteiger charge is 2.85. The van der Waals surface area contributed by atoms with E-state index >= 15 is 0 Å². The third kappa shape index (κ3) is 5.36. The minimum Gasteiger partial charge on any atom is -0.463 e. The monoisotopic (exact) mass is 547 g/mol. The summed E-state index contributed by atoms with van der Waals surface area (Å²) in [5, 5.41) is 3.17. The lowest BCUT2D eigenvalue weighted by Crippen LogP contribution is -2.50. The van der Waals surface area contributed by atoms with Crippen LogP contribution in [0.25, 0.3) is 0 Å². The molecular formula is C30H37N5O5. The smallest absolute Gasteiger partial charge is 0.350 e. The van der Waals surface area contributed by atoms with Crippen LogP contribution in [0.1, 0.15) is 84.7 Å². The number of unbranched alkanes of at least 4 members (excludes halogenated alkanes) is 3. The fourth-order valence-electron chi connectivity index (χ4n) is 5.23. The number of hydrogen-bond donors (Lipinski definition) is 3. The van der Waals surface area contributed by atoms with E-state index < -0.39 is 28.7 Å². The van der Waals surface area contributed by atoms with Crippen molar-refractivity contribution in [1.82, 2.24) is 10.3 Å². The number of fused-ring (bicyclic) bond motifs is 2. The zero-order valence-corrected chi connectivity index (χ0v) is 23.2. The number of nitrogens with one attached hydrogen (secondary N) is 1. The molecule has 0 radical (unpaired) electrons. The third-order valence-corrected chi connectivity index (χ3v) is 7.51. The van der Waals surface area contributed by atoms with Gasteiger partial charge in [0.1, 0.15) is 5.82 Å². The maximum absolute atomic E-state index is 13.7. The zero-order chi connectivity index (χ0) is 28.9. The molecule has 0 spiro atoms. The van der Waals surface area contributed by atoms with Crippen LogP contribution < -0.4 is 16.8 Å². The Balaban J connectivity index is 1.59. The molecular weight excluding hydrogens is 510 g/mol. The number of aliphatic imine (C=N–C) groups is 1. The summed E-state index contributed by atoms with van der Waals surface area (Å²) < 4.78 is 11.5. The maximum Gasteiger partial charge on any atom is 0.350 e. The number of carbonyl (C=O) groups is 3. The second-order valence-corrected chi connectivity index (χ2v) is 10.3. The molecule has 3 atom stereocenters.